The second kappa shape index (κ2) is 6.71. The molecule has 1 N–H and O–H groups in total. The van der Waals surface area contributed by atoms with Crippen LogP contribution < -0.4 is 5.32 Å². The van der Waals surface area contributed by atoms with Gasteiger partial charge in [-0.1, -0.05) is 20.8 Å². The molecule has 0 radical (unpaired) electrons. The Morgan fingerprint density at radius 3 is 2.47 bits per heavy atom. The standard InChI is InChI=1S/C12H26N2O2S/c1-4-13-8-5-9-17(15,16)14(10-11(2)3)12-6-7-12/h11-13H,4-10H2,1-3H3. The molecule has 1 rings (SSSR count). The molecule has 17 heavy (non-hydrogen) atoms. The summed E-state index contributed by atoms with van der Waals surface area (Å²) in [5.41, 5.74) is 0. The van der Waals surface area contributed by atoms with Crippen molar-refractivity contribution in [1.29, 1.82) is 0 Å². The van der Waals surface area contributed by atoms with Crippen molar-refractivity contribution in [3.63, 3.8) is 0 Å². The Hall–Kier alpha value is -0.130. The summed E-state index contributed by atoms with van der Waals surface area (Å²) in [5, 5.41) is 3.16. The van der Waals surface area contributed by atoms with E-state index >= 15 is 0 Å². The molecule has 0 bridgehead atoms. The minimum atomic E-state index is -3.04. The number of nitrogens with one attached hydrogen (secondary N) is 1. The number of sulfonamides is 1. The largest absolute Gasteiger partial charge is 0.317 e. The predicted molar refractivity (Wildman–Crippen MR) is 71.5 cm³/mol. The maximum absolute atomic E-state index is 12.2. The van der Waals surface area contributed by atoms with Gasteiger partial charge in [0.15, 0.2) is 0 Å². The monoisotopic (exact) mass is 262 g/mol. The fraction of sp³-hybridized carbons (Fsp3) is 1.00. The SMILES string of the molecule is CCNCCCS(=O)(=O)N(CC(C)C)C1CC1. The summed E-state index contributed by atoms with van der Waals surface area (Å²) in [4.78, 5) is 0. The number of hydrogen-bond acceptors (Lipinski definition) is 3. The van der Waals surface area contributed by atoms with E-state index in [4.69, 9.17) is 0 Å². The second-order valence-corrected chi connectivity index (χ2v) is 7.26. The minimum Gasteiger partial charge on any atom is -0.317 e. The molecule has 0 unspecified atom stereocenters. The van der Waals surface area contributed by atoms with Gasteiger partial charge in [-0.2, -0.15) is 4.31 Å². The Morgan fingerprint density at radius 1 is 1.35 bits per heavy atom. The molecule has 1 saturated carbocycles. The molecule has 0 aromatic rings. The summed E-state index contributed by atoms with van der Waals surface area (Å²) in [6.07, 6.45) is 2.79. The highest BCUT2D eigenvalue weighted by Crippen LogP contribution is 2.30. The van der Waals surface area contributed by atoms with Crippen molar-refractivity contribution in [3.8, 4) is 0 Å². The average molecular weight is 262 g/mol. The lowest BCUT2D eigenvalue weighted by molar-refractivity contribution is 0.359. The highest BCUT2D eigenvalue weighted by atomic mass is 32.2. The van der Waals surface area contributed by atoms with Crippen LogP contribution in [-0.4, -0.2) is 44.2 Å². The van der Waals surface area contributed by atoms with Crippen molar-refractivity contribution >= 4 is 10.0 Å². The van der Waals surface area contributed by atoms with E-state index in [0.29, 0.717) is 24.9 Å². The molecule has 0 amide bonds. The van der Waals surface area contributed by atoms with Crippen molar-refractivity contribution in [1.82, 2.24) is 9.62 Å². The van der Waals surface area contributed by atoms with Crippen LogP contribution in [0.2, 0.25) is 0 Å². The minimum absolute atomic E-state index is 0.281. The summed E-state index contributed by atoms with van der Waals surface area (Å²) in [6, 6.07) is 0.293. The Bertz CT molecular complexity index is 310. The smallest absolute Gasteiger partial charge is 0.214 e. The summed E-state index contributed by atoms with van der Waals surface area (Å²) in [5.74, 6) is 0.683. The van der Waals surface area contributed by atoms with Crippen LogP contribution in [0.5, 0.6) is 0 Å². The molecule has 4 nitrogen and oxygen atoms in total. The number of hydrogen-bond donors (Lipinski definition) is 1. The van der Waals surface area contributed by atoms with Crippen LogP contribution in [0.1, 0.15) is 40.0 Å². The predicted octanol–water partition coefficient (Wildman–Crippen LogP) is 1.44. The van der Waals surface area contributed by atoms with Gasteiger partial charge in [-0.15, -0.1) is 0 Å². The van der Waals surface area contributed by atoms with Gasteiger partial charge < -0.3 is 5.32 Å². The van der Waals surface area contributed by atoms with Crippen molar-refractivity contribution < 1.29 is 8.42 Å². The van der Waals surface area contributed by atoms with Crippen LogP contribution in [0.3, 0.4) is 0 Å². The summed E-state index contributed by atoms with van der Waals surface area (Å²) < 4.78 is 26.2. The van der Waals surface area contributed by atoms with Crippen LogP contribution >= 0.6 is 0 Å². The van der Waals surface area contributed by atoms with Gasteiger partial charge in [0.25, 0.3) is 0 Å². The van der Waals surface area contributed by atoms with E-state index in [1.807, 2.05) is 6.92 Å². The van der Waals surface area contributed by atoms with Crippen LogP contribution in [0.4, 0.5) is 0 Å². The fourth-order valence-corrected chi connectivity index (χ4v) is 3.82. The lowest BCUT2D eigenvalue weighted by atomic mass is 10.2. The third-order valence-electron chi connectivity index (χ3n) is 2.86. The zero-order valence-electron chi connectivity index (χ0n) is 11.3. The molecule has 0 aromatic heterocycles. The van der Waals surface area contributed by atoms with Gasteiger partial charge in [-0.3, -0.25) is 0 Å². The van der Waals surface area contributed by atoms with E-state index in [9.17, 15) is 8.42 Å². The van der Waals surface area contributed by atoms with E-state index in [2.05, 4.69) is 19.2 Å². The van der Waals surface area contributed by atoms with Gasteiger partial charge in [0.05, 0.1) is 5.75 Å². The van der Waals surface area contributed by atoms with Crippen molar-refractivity contribution in [2.45, 2.75) is 46.1 Å². The molecule has 1 fully saturated rings. The summed E-state index contributed by atoms with van der Waals surface area (Å²) in [6.45, 7) is 8.54. The first-order valence-corrected chi connectivity index (χ1v) is 8.28. The summed E-state index contributed by atoms with van der Waals surface area (Å²) >= 11 is 0. The van der Waals surface area contributed by atoms with Gasteiger partial charge in [0, 0.05) is 12.6 Å². The lowest BCUT2D eigenvalue weighted by Crippen LogP contribution is -2.38. The highest BCUT2D eigenvalue weighted by Gasteiger charge is 2.36. The second-order valence-electron chi connectivity index (χ2n) is 5.22. The van der Waals surface area contributed by atoms with Crippen LogP contribution in [0.25, 0.3) is 0 Å². The van der Waals surface area contributed by atoms with Crippen molar-refractivity contribution in [2.24, 2.45) is 5.92 Å². The molecule has 0 atom stereocenters. The van der Waals surface area contributed by atoms with Crippen LogP contribution in [0.15, 0.2) is 0 Å². The molecular weight excluding hydrogens is 236 g/mol. The molecule has 5 heteroatoms. The summed E-state index contributed by atoms with van der Waals surface area (Å²) in [7, 11) is -3.04. The van der Waals surface area contributed by atoms with E-state index in [1.54, 1.807) is 4.31 Å². The molecule has 0 aromatic carbocycles. The van der Waals surface area contributed by atoms with Gasteiger partial charge in [0.2, 0.25) is 10.0 Å². The number of nitrogens with zero attached hydrogens (tertiary/aromatic N) is 1. The van der Waals surface area contributed by atoms with Gasteiger partial charge in [-0.05, 0) is 38.3 Å². The molecule has 1 aliphatic carbocycles. The first-order valence-electron chi connectivity index (χ1n) is 6.67. The quantitative estimate of drug-likeness (QED) is 0.640. The van der Waals surface area contributed by atoms with E-state index in [1.165, 1.54) is 0 Å². The van der Waals surface area contributed by atoms with Crippen molar-refractivity contribution in [2.75, 3.05) is 25.4 Å². The Balaban J connectivity index is 2.46. The molecule has 0 spiro atoms. The van der Waals surface area contributed by atoms with E-state index in [-0.39, 0.29) is 5.75 Å². The maximum atomic E-state index is 12.2. The van der Waals surface area contributed by atoms with Crippen LogP contribution in [-0.2, 0) is 10.0 Å². The Kier molecular flexibility index (Phi) is 5.89. The van der Waals surface area contributed by atoms with Gasteiger partial charge in [-0.25, -0.2) is 8.42 Å². The third-order valence-corrected chi connectivity index (χ3v) is 4.83. The zero-order valence-corrected chi connectivity index (χ0v) is 12.1. The van der Waals surface area contributed by atoms with Crippen molar-refractivity contribution in [3.05, 3.63) is 0 Å². The fourth-order valence-electron chi connectivity index (χ4n) is 1.89. The molecule has 0 saturated heterocycles. The average Bonchev–Trinajstić information content (AvgIpc) is 3.04. The molecular formula is C12H26N2O2S. The molecule has 1 aliphatic rings. The lowest BCUT2D eigenvalue weighted by Gasteiger charge is -2.23. The van der Waals surface area contributed by atoms with E-state index in [0.717, 1.165) is 25.9 Å². The first-order chi connectivity index (χ1) is 7.97. The highest BCUT2D eigenvalue weighted by molar-refractivity contribution is 7.89. The van der Waals surface area contributed by atoms with Gasteiger partial charge >= 0.3 is 0 Å². The van der Waals surface area contributed by atoms with E-state index < -0.39 is 10.0 Å². The zero-order chi connectivity index (χ0) is 12.9. The maximum Gasteiger partial charge on any atom is 0.214 e. The number of rotatable bonds is 9. The van der Waals surface area contributed by atoms with Gasteiger partial charge in [0.1, 0.15) is 0 Å². The third kappa shape index (κ3) is 5.36. The topological polar surface area (TPSA) is 49.4 Å². The Labute approximate surface area is 106 Å². The molecule has 102 valence electrons. The normalized spacial score (nSPS) is 17.0. The first kappa shape index (κ1) is 14.9. The Morgan fingerprint density at radius 2 is 2.00 bits per heavy atom. The van der Waals surface area contributed by atoms with Crippen LogP contribution in [0, 0.1) is 5.92 Å². The molecule has 0 aliphatic heterocycles. The molecule has 0 heterocycles.